The van der Waals surface area contributed by atoms with Gasteiger partial charge in [-0.25, -0.2) is 12.8 Å². The molecule has 156 valence electrons. The second-order valence-electron chi connectivity index (χ2n) is 6.67. The van der Waals surface area contributed by atoms with Crippen LogP contribution in [0.2, 0.25) is 5.02 Å². The predicted molar refractivity (Wildman–Crippen MR) is 110 cm³/mol. The van der Waals surface area contributed by atoms with Crippen LogP contribution in [0.4, 0.5) is 4.39 Å². The zero-order valence-electron chi connectivity index (χ0n) is 15.9. The summed E-state index contributed by atoms with van der Waals surface area (Å²) in [6, 6.07) is 10.3. The van der Waals surface area contributed by atoms with E-state index < -0.39 is 21.4 Å². The van der Waals surface area contributed by atoms with Crippen LogP contribution in [0.5, 0.6) is 11.5 Å². The van der Waals surface area contributed by atoms with E-state index in [0.29, 0.717) is 16.7 Å². The molecule has 0 aliphatic heterocycles. The topological polar surface area (TPSA) is 122 Å². The number of hydrogen-bond acceptors (Lipinski definition) is 7. The Balaban J connectivity index is 1.81. The van der Waals surface area contributed by atoms with Gasteiger partial charge in [-0.15, -0.1) is 5.10 Å². The van der Waals surface area contributed by atoms with E-state index in [0.717, 1.165) is 6.26 Å². The van der Waals surface area contributed by atoms with Crippen molar-refractivity contribution in [1.29, 1.82) is 5.26 Å². The van der Waals surface area contributed by atoms with E-state index in [1.54, 1.807) is 6.07 Å². The van der Waals surface area contributed by atoms with E-state index in [9.17, 15) is 8.42 Å². The van der Waals surface area contributed by atoms with E-state index in [2.05, 4.69) is 20.4 Å². The maximum Gasteiger partial charge on any atom is 0.181 e. The fourth-order valence-electron chi connectivity index (χ4n) is 3.05. The number of nitrogens with zero attached hydrogens (tertiary/aromatic N) is 4. The van der Waals surface area contributed by atoms with Gasteiger partial charge < -0.3 is 4.74 Å². The van der Waals surface area contributed by atoms with Crippen LogP contribution in [-0.4, -0.2) is 35.1 Å². The van der Waals surface area contributed by atoms with Crippen molar-refractivity contribution in [1.82, 2.24) is 20.4 Å². The summed E-state index contributed by atoms with van der Waals surface area (Å²) in [7, 11) is -3.82. The van der Waals surface area contributed by atoms with Crippen LogP contribution in [-0.2, 0) is 16.3 Å². The average Bonchev–Trinajstić information content (AvgIpc) is 3.12. The fraction of sp³-hybridized carbons (Fsp3) is 0.100. The second kappa shape index (κ2) is 7.94. The first kappa shape index (κ1) is 20.7. The van der Waals surface area contributed by atoms with Gasteiger partial charge in [0.2, 0.25) is 0 Å². The summed E-state index contributed by atoms with van der Waals surface area (Å²) in [6.45, 7) is 0. The minimum Gasteiger partial charge on any atom is -0.453 e. The zero-order chi connectivity index (χ0) is 22.2. The SMILES string of the molecule is CS(=O)(=O)c1ccc(Cc2n[nH]c3nnccc23)c(F)c1Oc1cc(Cl)cc(C#N)c1. The van der Waals surface area contributed by atoms with E-state index >= 15 is 4.39 Å². The molecule has 2 aromatic carbocycles. The van der Waals surface area contributed by atoms with E-state index in [1.165, 1.54) is 36.5 Å². The lowest BCUT2D eigenvalue weighted by molar-refractivity contribution is 0.425. The van der Waals surface area contributed by atoms with Crippen LogP contribution in [0.1, 0.15) is 16.8 Å². The fourth-order valence-corrected chi connectivity index (χ4v) is 4.06. The number of rotatable bonds is 5. The highest BCUT2D eigenvalue weighted by Crippen LogP contribution is 2.35. The van der Waals surface area contributed by atoms with Crippen molar-refractivity contribution in [2.45, 2.75) is 11.3 Å². The number of fused-ring (bicyclic) bond motifs is 1. The molecule has 0 fully saturated rings. The van der Waals surface area contributed by atoms with E-state index in [-0.39, 0.29) is 33.2 Å². The van der Waals surface area contributed by atoms with Crippen LogP contribution in [0.3, 0.4) is 0 Å². The van der Waals surface area contributed by atoms with Gasteiger partial charge in [0, 0.05) is 23.1 Å². The number of H-pyrrole nitrogens is 1. The lowest BCUT2D eigenvalue weighted by Gasteiger charge is -2.14. The lowest BCUT2D eigenvalue weighted by atomic mass is 10.1. The number of nitriles is 1. The monoisotopic (exact) mass is 457 g/mol. The van der Waals surface area contributed by atoms with Gasteiger partial charge in [-0.2, -0.15) is 15.5 Å². The summed E-state index contributed by atoms with van der Waals surface area (Å²) in [4.78, 5) is -0.329. The number of ether oxygens (including phenoxy) is 1. The first-order valence-corrected chi connectivity index (χ1v) is 11.1. The Morgan fingerprint density at radius 2 is 2.06 bits per heavy atom. The minimum atomic E-state index is -3.82. The quantitative estimate of drug-likeness (QED) is 0.483. The van der Waals surface area contributed by atoms with Crippen molar-refractivity contribution in [3.05, 3.63) is 70.3 Å². The third kappa shape index (κ3) is 4.19. The van der Waals surface area contributed by atoms with Gasteiger partial charge in [-0.05, 0) is 35.9 Å². The molecule has 2 aromatic heterocycles. The highest BCUT2D eigenvalue weighted by atomic mass is 35.5. The molecule has 0 aliphatic rings. The molecule has 0 saturated heterocycles. The van der Waals surface area contributed by atoms with Crippen molar-refractivity contribution in [3.8, 4) is 17.6 Å². The van der Waals surface area contributed by atoms with Crippen molar-refractivity contribution in [3.63, 3.8) is 0 Å². The smallest absolute Gasteiger partial charge is 0.181 e. The van der Waals surface area contributed by atoms with Crippen molar-refractivity contribution >= 4 is 32.5 Å². The summed E-state index contributed by atoms with van der Waals surface area (Å²) < 4.78 is 45.5. The molecule has 0 bridgehead atoms. The molecular weight excluding hydrogens is 445 g/mol. The predicted octanol–water partition coefficient (Wildman–Crippen LogP) is 3.80. The van der Waals surface area contributed by atoms with Crippen LogP contribution < -0.4 is 4.74 Å². The third-order valence-electron chi connectivity index (χ3n) is 4.45. The second-order valence-corrected chi connectivity index (χ2v) is 9.09. The minimum absolute atomic E-state index is 0.0329. The number of sulfone groups is 1. The average molecular weight is 458 g/mol. The van der Waals surface area contributed by atoms with Gasteiger partial charge >= 0.3 is 0 Å². The molecule has 0 amide bonds. The van der Waals surface area contributed by atoms with Gasteiger partial charge in [0.25, 0.3) is 0 Å². The number of halogens is 2. The Bertz CT molecular complexity index is 1460. The molecule has 4 rings (SSSR count). The van der Waals surface area contributed by atoms with Crippen LogP contribution in [0, 0.1) is 17.1 Å². The molecule has 4 aromatic rings. The lowest BCUT2D eigenvalue weighted by Crippen LogP contribution is -2.05. The first-order chi connectivity index (χ1) is 14.8. The Kier molecular flexibility index (Phi) is 5.31. The summed E-state index contributed by atoms with van der Waals surface area (Å²) in [5.41, 5.74) is 1.31. The van der Waals surface area contributed by atoms with Gasteiger partial charge in [0.05, 0.1) is 23.5 Å². The summed E-state index contributed by atoms with van der Waals surface area (Å²) in [5, 5.41) is 24.5. The molecule has 0 saturated carbocycles. The molecule has 31 heavy (non-hydrogen) atoms. The van der Waals surface area contributed by atoms with Crippen LogP contribution in [0.15, 0.2) is 47.5 Å². The molecular formula is C20H13ClFN5O3S. The number of hydrogen-bond donors (Lipinski definition) is 1. The number of nitrogens with one attached hydrogen (secondary N) is 1. The summed E-state index contributed by atoms with van der Waals surface area (Å²) in [6.07, 6.45) is 2.49. The highest BCUT2D eigenvalue weighted by molar-refractivity contribution is 7.90. The van der Waals surface area contributed by atoms with Crippen molar-refractivity contribution in [2.24, 2.45) is 0 Å². The van der Waals surface area contributed by atoms with Crippen LogP contribution in [0.25, 0.3) is 11.0 Å². The van der Waals surface area contributed by atoms with Crippen molar-refractivity contribution in [2.75, 3.05) is 6.26 Å². The molecule has 0 unspecified atom stereocenters. The van der Waals surface area contributed by atoms with Gasteiger partial charge in [-0.1, -0.05) is 17.7 Å². The van der Waals surface area contributed by atoms with E-state index in [4.69, 9.17) is 21.6 Å². The Hall–Kier alpha value is -3.55. The van der Waals surface area contributed by atoms with Crippen LogP contribution >= 0.6 is 11.6 Å². The zero-order valence-corrected chi connectivity index (χ0v) is 17.5. The Morgan fingerprint density at radius 3 is 2.81 bits per heavy atom. The standard InChI is InChI=1S/C20H13ClFN5O3S/c1-31(28,29)17-3-2-12(8-16-15-4-5-24-26-20(15)27-25-16)18(22)19(17)30-14-7-11(10-23)6-13(21)9-14/h2-7,9H,8H2,1H3,(H,25,26,27). The molecule has 0 atom stereocenters. The van der Waals surface area contributed by atoms with Gasteiger partial charge in [0.15, 0.2) is 27.1 Å². The largest absolute Gasteiger partial charge is 0.453 e. The van der Waals surface area contributed by atoms with Gasteiger partial charge in [-0.3, -0.25) is 5.10 Å². The summed E-state index contributed by atoms with van der Waals surface area (Å²) >= 11 is 5.98. The van der Waals surface area contributed by atoms with Crippen molar-refractivity contribution < 1.29 is 17.5 Å². The first-order valence-electron chi connectivity index (χ1n) is 8.81. The molecule has 2 heterocycles. The van der Waals surface area contributed by atoms with E-state index in [1.807, 2.05) is 6.07 Å². The maximum absolute atomic E-state index is 15.5. The number of benzene rings is 2. The number of aromatic amines is 1. The molecule has 0 spiro atoms. The molecule has 8 nitrogen and oxygen atoms in total. The molecule has 0 radical (unpaired) electrons. The Morgan fingerprint density at radius 1 is 1.26 bits per heavy atom. The molecule has 1 N–H and O–H groups in total. The molecule has 11 heteroatoms. The number of aromatic nitrogens is 4. The summed E-state index contributed by atoms with van der Waals surface area (Å²) in [5.74, 6) is -1.31. The molecule has 0 aliphatic carbocycles. The van der Waals surface area contributed by atoms with Gasteiger partial charge in [0.1, 0.15) is 10.6 Å². The third-order valence-corrected chi connectivity index (χ3v) is 5.79. The maximum atomic E-state index is 15.5. The normalized spacial score (nSPS) is 11.4. The highest BCUT2D eigenvalue weighted by Gasteiger charge is 2.23. The Labute approximate surface area is 181 Å².